The van der Waals surface area contributed by atoms with E-state index in [0.717, 1.165) is 9.21 Å². The molecule has 0 saturated heterocycles. The Morgan fingerprint density at radius 3 is 2.41 bits per heavy atom. The number of anilines is 1. The van der Waals surface area contributed by atoms with Crippen LogP contribution in [-0.4, -0.2) is 56.0 Å². The molecule has 1 heterocycles. The van der Waals surface area contributed by atoms with Crippen molar-refractivity contribution in [3.63, 3.8) is 0 Å². The topological polar surface area (TPSA) is 104 Å². The maximum absolute atomic E-state index is 12.5. The minimum atomic E-state index is -3.75. The summed E-state index contributed by atoms with van der Waals surface area (Å²) in [4.78, 5) is 38.2. The van der Waals surface area contributed by atoms with Gasteiger partial charge in [0.05, 0.1) is 16.8 Å². The lowest BCUT2D eigenvalue weighted by atomic mass is 10.1. The summed E-state index contributed by atoms with van der Waals surface area (Å²) in [6.45, 7) is -0.113. The number of carbonyl (C=O) groups is 3. The normalized spacial score (nSPS) is 13.7. The number of fused-ring (bicyclic) bond motifs is 1. The number of hydrogen-bond donors (Lipinski definition) is 1. The fourth-order valence-electron chi connectivity index (χ4n) is 2.88. The highest BCUT2D eigenvalue weighted by Gasteiger charge is 2.35. The third-order valence-corrected chi connectivity index (χ3v) is 6.78. The van der Waals surface area contributed by atoms with Crippen molar-refractivity contribution in [1.29, 1.82) is 0 Å². The maximum atomic E-state index is 12.5. The van der Waals surface area contributed by atoms with Gasteiger partial charge >= 0.3 is 0 Å². The minimum Gasteiger partial charge on any atom is -0.325 e. The second kappa shape index (κ2) is 8.05. The van der Waals surface area contributed by atoms with Gasteiger partial charge in [0, 0.05) is 31.5 Å². The average molecular weight is 480 g/mol. The second-order valence-corrected chi connectivity index (χ2v) is 9.57. The number of para-hydroxylation sites is 1. The molecule has 1 aliphatic rings. The molecular formula is C19H18BrN3O5S. The van der Waals surface area contributed by atoms with Crippen LogP contribution >= 0.6 is 15.9 Å². The Bertz CT molecular complexity index is 1110. The molecule has 0 unspecified atom stereocenters. The molecule has 0 aliphatic carbocycles. The SMILES string of the molecule is CN(C)S(=O)(=O)c1ccccc1NC(=O)CCN1C(=O)c2ccc(Br)cc2C1=O. The highest BCUT2D eigenvalue weighted by Crippen LogP contribution is 2.27. The quantitative estimate of drug-likeness (QED) is 0.640. The molecule has 1 aliphatic heterocycles. The molecule has 0 radical (unpaired) electrons. The number of hydrogen-bond acceptors (Lipinski definition) is 5. The summed E-state index contributed by atoms with van der Waals surface area (Å²) < 4.78 is 26.6. The van der Waals surface area contributed by atoms with Gasteiger partial charge in [-0.15, -0.1) is 0 Å². The third-order valence-electron chi connectivity index (χ3n) is 4.41. The monoisotopic (exact) mass is 479 g/mol. The Kier molecular flexibility index (Phi) is 5.87. The highest BCUT2D eigenvalue weighted by atomic mass is 79.9. The summed E-state index contributed by atoms with van der Waals surface area (Å²) >= 11 is 3.27. The number of imide groups is 1. The number of benzene rings is 2. The van der Waals surface area contributed by atoms with Crippen molar-refractivity contribution in [2.75, 3.05) is 26.0 Å². The Balaban J connectivity index is 1.71. The smallest absolute Gasteiger partial charge is 0.261 e. The molecular weight excluding hydrogens is 462 g/mol. The molecule has 0 aromatic heterocycles. The van der Waals surface area contributed by atoms with Crippen LogP contribution in [0.2, 0.25) is 0 Å². The number of halogens is 1. The lowest BCUT2D eigenvalue weighted by molar-refractivity contribution is -0.116. The van der Waals surface area contributed by atoms with Gasteiger partial charge in [-0.1, -0.05) is 28.1 Å². The molecule has 0 spiro atoms. The molecule has 8 nitrogen and oxygen atoms in total. The van der Waals surface area contributed by atoms with E-state index in [4.69, 9.17) is 0 Å². The Labute approximate surface area is 176 Å². The van der Waals surface area contributed by atoms with Crippen molar-refractivity contribution >= 4 is 49.4 Å². The lowest BCUT2D eigenvalue weighted by Crippen LogP contribution is -2.33. The number of nitrogens with one attached hydrogen (secondary N) is 1. The zero-order chi connectivity index (χ0) is 21.3. The molecule has 152 valence electrons. The molecule has 29 heavy (non-hydrogen) atoms. The Morgan fingerprint density at radius 2 is 1.72 bits per heavy atom. The van der Waals surface area contributed by atoms with E-state index in [2.05, 4.69) is 21.2 Å². The summed E-state index contributed by atoms with van der Waals surface area (Å²) in [5.41, 5.74) is 0.714. The first-order chi connectivity index (χ1) is 13.6. The first-order valence-corrected chi connectivity index (χ1v) is 10.8. The lowest BCUT2D eigenvalue weighted by Gasteiger charge is -2.16. The van der Waals surface area contributed by atoms with E-state index in [0.29, 0.717) is 10.0 Å². The van der Waals surface area contributed by atoms with E-state index in [-0.39, 0.29) is 29.1 Å². The molecule has 2 aromatic carbocycles. The molecule has 3 rings (SSSR count). The van der Waals surface area contributed by atoms with Crippen LogP contribution in [0.15, 0.2) is 51.8 Å². The zero-order valence-corrected chi connectivity index (χ0v) is 18.1. The van der Waals surface area contributed by atoms with Crippen molar-refractivity contribution in [2.24, 2.45) is 0 Å². The van der Waals surface area contributed by atoms with Crippen LogP contribution in [0, 0.1) is 0 Å². The molecule has 10 heteroatoms. The summed E-state index contributed by atoms with van der Waals surface area (Å²) in [5, 5.41) is 2.55. The molecule has 0 atom stereocenters. The van der Waals surface area contributed by atoms with Crippen LogP contribution < -0.4 is 5.32 Å². The number of rotatable bonds is 6. The van der Waals surface area contributed by atoms with Crippen LogP contribution in [0.4, 0.5) is 5.69 Å². The number of nitrogens with zero attached hydrogens (tertiary/aromatic N) is 2. The van der Waals surface area contributed by atoms with Crippen molar-refractivity contribution in [1.82, 2.24) is 9.21 Å². The molecule has 1 N–H and O–H groups in total. The maximum Gasteiger partial charge on any atom is 0.261 e. The minimum absolute atomic E-state index is 0.0380. The van der Waals surface area contributed by atoms with Gasteiger partial charge < -0.3 is 5.32 Å². The van der Waals surface area contributed by atoms with Crippen LogP contribution in [0.3, 0.4) is 0 Å². The first kappa shape index (κ1) is 21.2. The standard InChI is InChI=1S/C19H18BrN3O5S/c1-22(2)29(27,28)16-6-4-3-5-15(16)21-17(24)9-10-23-18(25)13-8-7-12(20)11-14(13)19(23)26/h3-8,11H,9-10H2,1-2H3,(H,21,24). The van der Waals surface area contributed by atoms with E-state index in [9.17, 15) is 22.8 Å². The van der Waals surface area contributed by atoms with E-state index in [1.165, 1.54) is 26.2 Å². The van der Waals surface area contributed by atoms with Gasteiger partial charge in [0.2, 0.25) is 15.9 Å². The number of amides is 3. The van der Waals surface area contributed by atoms with Gasteiger partial charge in [0.1, 0.15) is 4.90 Å². The molecule has 0 bridgehead atoms. The van der Waals surface area contributed by atoms with Gasteiger partial charge in [-0.25, -0.2) is 12.7 Å². The first-order valence-electron chi connectivity index (χ1n) is 8.60. The van der Waals surface area contributed by atoms with Gasteiger partial charge in [-0.2, -0.15) is 0 Å². The fourth-order valence-corrected chi connectivity index (χ4v) is 4.29. The predicted molar refractivity (Wildman–Crippen MR) is 110 cm³/mol. The third kappa shape index (κ3) is 4.09. The molecule has 0 saturated carbocycles. The van der Waals surface area contributed by atoms with Crippen LogP contribution in [-0.2, 0) is 14.8 Å². The molecule has 3 amide bonds. The van der Waals surface area contributed by atoms with Crippen molar-refractivity contribution in [3.05, 3.63) is 58.1 Å². The summed E-state index contributed by atoms with van der Waals surface area (Å²) in [6, 6.07) is 10.8. The number of carbonyl (C=O) groups excluding carboxylic acids is 3. The van der Waals surface area contributed by atoms with Crippen LogP contribution in [0.25, 0.3) is 0 Å². The van der Waals surface area contributed by atoms with E-state index in [1.54, 1.807) is 30.3 Å². The Hall–Kier alpha value is -2.56. The molecule has 2 aromatic rings. The number of sulfonamides is 1. The highest BCUT2D eigenvalue weighted by molar-refractivity contribution is 9.10. The average Bonchev–Trinajstić information content (AvgIpc) is 2.90. The van der Waals surface area contributed by atoms with Crippen LogP contribution in [0.1, 0.15) is 27.1 Å². The van der Waals surface area contributed by atoms with Gasteiger partial charge in [0.25, 0.3) is 11.8 Å². The van der Waals surface area contributed by atoms with Crippen molar-refractivity contribution in [3.8, 4) is 0 Å². The van der Waals surface area contributed by atoms with Gasteiger partial charge in [-0.3, -0.25) is 19.3 Å². The van der Waals surface area contributed by atoms with E-state index >= 15 is 0 Å². The van der Waals surface area contributed by atoms with Gasteiger partial charge in [0.15, 0.2) is 0 Å². The molecule has 0 fully saturated rings. The Morgan fingerprint density at radius 1 is 1.07 bits per heavy atom. The summed E-state index contributed by atoms with van der Waals surface area (Å²) in [7, 11) is -0.951. The van der Waals surface area contributed by atoms with E-state index in [1.807, 2.05) is 0 Å². The van der Waals surface area contributed by atoms with E-state index < -0.39 is 27.7 Å². The van der Waals surface area contributed by atoms with Crippen molar-refractivity contribution < 1.29 is 22.8 Å². The fraction of sp³-hybridized carbons (Fsp3) is 0.211. The zero-order valence-electron chi connectivity index (χ0n) is 15.7. The summed E-state index contributed by atoms with van der Waals surface area (Å²) in [5.74, 6) is -1.43. The van der Waals surface area contributed by atoms with Crippen LogP contribution in [0.5, 0.6) is 0 Å². The van der Waals surface area contributed by atoms with Crippen molar-refractivity contribution in [2.45, 2.75) is 11.3 Å². The van der Waals surface area contributed by atoms with Gasteiger partial charge in [-0.05, 0) is 30.3 Å². The summed E-state index contributed by atoms with van der Waals surface area (Å²) in [6.07, 6.45) is -0.164. The largest absolute Gasteiger partial charge is 0.325 e. The predicted octanol–water partition coefficient (Wildman–Crippen LogP) is 2.32. The second-order valence-electron chi connectivity index (χ2n) is 6.53.